The predicted molar refractivity (Wildman–Crippen MR) is 97.6 cm³/mol. The van der Waals surface area contributed by atoms with Crippen molar-refractivity contribution in [1.82, 2.24) is 10.6 Å². The molecule has 0 radical (unpaired) electrons. The number of carboxylic acid groups (broad SMARTS) is 1. The zero-order valence-corrected chi connectivity index (χ0v) is 15.5. The number of nitrogens with one attached hydrogen (secondary N) is 4. The highest BCUT2D eigenvalue weighted by Gasteiger charge is 2.22. The van der Waals surface area contributed by atoms with Crippen LogP contribution in [0.2, 0.25) is 0 Å². The summed E-state index contributed by atoms with van der Waals surface area (Å²) in [4.78, 5) is 39.5. The van der Waals surface area contributed by atoms with E-state index in [1.807, 2.05) is 0 Å². The minimum atomic E-state index is -4.61. The number of carboxylic acids is 1. The number of aliphatic carboxylic acids is 1. The van der Waals surface area contributed by atoms with Crippen molar-refractivity contribution >= 4 is 26.9 Å². The molecular formula is C11H32N8O6Si. The van der Waals surface area contributed by atoms with Crippen LogP contribution in [0.1, 0.15) is 25.7 Å². The zero-order chi connectivity index (χ0) is 21.2. The lowest BCUT2D eigenvalue weighted by atomic mass is 10.2. The van der Waals surface area contributed by atoms with E-state index in [0.717, 1.165) is 19.4 Å². The Balaban J connectivity index is -0.000000333. The molecule has 0 aliphatic rings. The van der Waals surface area contributed by atoms with E-state index in [0.29, 0.717) is 25.9 Å². The summed E-state index contributed by atoms with van der Waals surface area (Å²) in [6, 6.07) is -0.821. The second kappa shape index (κ2) is 17.8. The Bertz CT molecular complexity index is 389. The number of guanidine groups is 2. The monoisotopic (exact) mass is 400 g/mol. The maximum absolute atomic E-state index is 10.2. The van der Waals surface area contributed by atoms with Crippen LogP contribution in [0.4, 0.5) is 0 Å². The fraction of sp³-hybridized carbons (Fsp3) is 0.727. The van der Waals surface area contributed by atoms with Gasteiger partial charge < -0.3 is 57.9 Å². The molecular weight excluding hydrogens is 368 g/mol. The molecule has 0 aromatic heterocycles. The highest BCUT2D eigenvalue weighted by atomic mass is 28.4. The van der Waals surface area contributed by atoms with Gasteiger partial charge in [0.1, 0.15) is 6.04 Å². The van der Waals surface area contributed by atoms with Gasteiger partial charge in [-0.25, -0.2) is 0 Å². The van der Waals surface area contributed by atoms with E-state index in [2.05, 4.69) is 10.6 Å². The van der Waals surface area contributed by atoms with Crippen LogP contribution in [0.15, 0.2) is 0 Å². The minimum absolute atomic E-state index is 0.0343. The molecule has 0 fully saturated rings. The molecule has 0 spiro atoms. The summed E-state index contributed by atoms with van der Waals surface area (Å²) in [7, 11) is -4.61. The molecule has 0 bridgehead atoms. The quantitative estimate of drug-likeness (QED) is 0.0751. The van der Waals surface area contributed by atoms with Crippen LogP contribution in [0.5, 0.6) is 0 Å². The maximum Gasteiger partial charge on any atom is 0.668 e. The molecule has 26 heavy (non-hydrogen) atoms. The number of rotatable bonds is 9. The van der Waals surface area contributed by atoms with Crippen molar-refractivity contribution in [3.63, 3.8) is 0 Å². The Kier molecular flexibility index (Phi) is 19.7. The van der Waals surface area contributed by atoms with Crippen LogP contribution in [-0.4, -0.2) is 76.9 Å². The van der Waals surface area contributed by atoms with Crippen molar-refractivity contribution in [2.24, 2.45) is 22.9 Å². The largest absolute Gasteiger partial charge is 0.668 e. The van der Waals surface area contributed by atoms with E-state index in [4.69, 9.17) is 58.0 Å². The lowest BCUT2D eigenvalue weighted by molar-refractivity contribution is -0.138. The number of nitrogens with two attached hydrogens (primary N) is 4. The normalized spacial score (nSPS) is 11.0. The average molecular weight is 401 g/mol. The van der Waals surface area contributed by atoms with Gasteiger partial charge in [-0.1, -0.05) is 0 Å². The van der Waals surface area contributed by atoms with E-state index >= 15 is 0 Å². The third kappa shape index (κ3) is 43.1. The number of hydrogen-bond acceptors (Lipinski definition) is 9. The van der Waals surface area contributed by atoms with Gasteiger partial charge in [0, 0.05) is 13.1 Å². The molecule has 0 aliphatic heterocycles. The Morgan fingerprint density at radius 2 is 1.35 bits per heavy atom. The molecule has 0 amide bonds. The van der Waals surface area contributed by atoms with E-state index in [9.17, 15) is 4.79 Å². The molecule has 0 saturated heterocycles. The molecule has 0 rings (SSSR count). The SMILES string of the molecule is N=C(N)NCCCC(N)C(=O)O.N=C(N)NCCCCN.O[Si](O)(O)O. The standard InChI is InChI=1S/C6H14N4O2.C5H14N4.H4O4Si/c7-4(5(11)12)2-1-3-10-6(8)9;6-3-1-2-4-9-5(7)8;1-5(2,3)4/h4H,1-3,7H2,(H,11,12)(H4,8,9,10);1-4,6H2,(H4,7,8,9);1-4H. The first kappa shape index (κ1) is 28.8. The third-order valence-electron chi connectivity index (χ3n) is 2.27. The van der Waals surface area contributed by atoms with Crippen molar-refractivity contribution in [2.45, 2.75) is 31.7 Å². The van der Waals surface area contributed by atoms with Gasteiger partial charge in [-0.2, -0.15) is 0 Å². The van der Waals surface area contributed by atoms with E-state index in [-0.39, 0.29) is 11.9 Å². The topological polar surface area (TPSA) is 294 Å². The number of carbonyl (C=O) groups is 1. The first-order chi connectivity index (χ1) is 11.8. The summed E-state index contributed by atoms with van der Waals surface area (Å²) in [6.45, 7) is 1.95. The van der Waals surface area contributed by atoms with Crippen molar-refractivity contribution in [1.29, 1.82) is 10.8 Å². The van der Waals surface area contributed by atoms with Crippen LogP contribution in [0.25, 0.3) is 0 Å². The van der Waals surface area contributed by atoms with Gasteiger partial charge in [0.2, 0.25) is 0 Å². The van der Waals surface area contributed by atoms with Crippen LogP contribution >= 0.6 is 0 Å². The first-order valence-electron chi connectivity index (χ1n) is 7.55. The van der Waals surface area contributed by atoms with Gasteiger partial charge in [-0.15, -0.1) is 0 Å². The van der Waals surface area contributed by atoms with Crippen molar-refractivity contribution in [3.8, 4) is 0 Å². The zero-order valence-electron chi connectivity index (χ0n) is 14.5. The molecule has 0 saturated carbocycles. The molecule has 1 atom stereocenters. The van der Waals surface area contributed by atoms with Gasteiger partial charge in [0.05, 0.1) is 0 Å². The summed E-state index contributed by atoms with van der Waals surface area (Å²) in [6.07, 6.45) is 2.94. The molecule has 0 aromatic rings. The van der Waals surface area contributed by atoms with Crippen molar-refractivity contribution < 1.29 is 29.1 Å². The van der Waals surface area contributed by atoms with Crippen molar-refractivity contribution in [3.05, 3.63) is 0 Å². The van der Waals surface area contributed by atoms with E-state index < -0.39 is 21.1 Å². The van der Waals surface area contributed by atoms with Gasteiger partial charge >= 0.3 is 15.0 Å². The molecule has 14 nitrogen and oxygen atoms in total. The van der Waals surface area contributed by atoms with Crippen molar-refractivity contribution in [2.75, 3.05) is 19.6 Å². The lowest BCUT2D eigenvalue weighted by Crippen LogP contribution is -2.34. The van der Waals surface area contributed by atoms with Crippen LogP contribution in [-0.2, 0) is 4.79 Å². The van der Waals surface area contributed by atoms with Crippen LogP contribution in [0, 0.1) is 10.8 Å². The average Bonchev–Trinajstić information content (AvgIpc) is 2.46. The fourth-order valence-electron chi connectivity index (χ4n) is 1.16. The minimum Gasteiger partial charge on any atom is -0.480 e. The van der Waals surface area contributed by atoms with Gasteiger partial charge in [-0.05, 0) is 32.2 Å². The summed E-state index contributed by atoms with van der Waals surface area (Å²) < 4.78 is 0. The summed E-state index contributed by atoms with van der Waals surface area (Å²) in [5.41, 5.74) is 20.5. The van der Waals surface area contributed by atoms with Crippen LogP contribution < -0.4 is 33.6 Å². The van der Waals surface area contributed by atoms with Gasteiger partial charge in [0.25, 0.3) is 0 Å². The summed E-state index contributed by atoms with van der Waals surface area (Å²) >= 11 is 0. The Labute approximate surface area is 152 Å². The number of hydrogen-bond donors (Lipinski definition) is 13. The fourth-order valence-corrected chi connectivity index (χ4v) is 1.16. The second-order valence-corrected chi connectivity index (χ2v) is 6.06. The van der Waals surface area contributed by atoms with E-state index in [1.54, 1.807) is 0 Å². The summed E-state index contributed by atoms with van der Waals surface area (Å²) in [5, 5.41) is 27.2. The van der Waals surface area contributed by atoms with Gasteiger partial charge in [0.15, 0.2) is 11.9 Å². The second-order valence-electron chi connectivity index (χ2n) is 4.86. The maximum atomic E-state index is 10.2. The first-order valence-corrected chi connectivity index (χ1v) is 9.33. The Morgan fingerprint density at radius 3 is 1.65 bits per heavy atom. The van der Waals surface area contributed by atoms with E-state index in [1.165, 1.54) is 0 Å². The molecule has 15 heteroatoms. The predicted octanol–water partition coefficient (Wildman–Crippen LogP) is -4.74. The highest BCUT2D eigenvalue weighted by Crippen LogP contribution is 1.92. The summed E-state index contributed by atoms with van der Waals surface area (Å²) in [5.74, 6) is -1.08. The molecule has 156 valence electrons. The Hall–Kier alpha value is -2.01. The highest BCUT2D eigenvalue weighted by molar-refractivity contribution is 6.46. The number of unbranched alkanes of at least 4 members (excludes halogenated alkanes) is 1. The lowest BCUT2D eigenvalue weighted by Gasteiger charge is -2.06. The third-order valence-corrected chi connectivity index (χ3v) is 2.27. The molecule has 0 aliphatic carbocycles. The Morgan fingerprint density at radius 1 is 0.962 bits per heavy atom. The molecule has 0 aromatic carbocycles. The van der Waals surface area contributed by atoms with Crippen LogP contribution in [0.3, 0.4) is 0 Å². The van der Waals surface area contributed by atoms with Gasteiger partial charge in [-0.3, -0.25) is 15.6 Å². The molecule has 17 N–H and O–H groups in total. The molecule has 1 unspecified atom stereocenters. The molecule has 0 heterocycles. The smallest absolute Gasteiger partial charge is 0.480 e.